The zero-order valence-corrected chi connectivity index (χ0v) is 19.1. The molecule has 0 aliphatic heterocycles. The Balaban J connectivity index is 1.43. The van der Waals surface area contributed by atoms with Gasteiger partial charge in [0.05, 0.1) is 13.0 Å². The molecule has 0 unspecified atom stereocenters. The van der Waals surface area contributed by atoms with Crippen molar-refractivity contribution in [3.05, 3.63) is 59.7 Å². The van der Waals surface area contributed by atoms with Crippen molar-refractivity contribution in [3.63, 3.8) is 0 Å². The van der Waals surface area contributed by atoms with Crippen LogP contribution in [0.4, 0.5) is 4.79 Å². The van der Waals surface area contributed by atoms with Crippen LogP contribution in [0.15, 0.2) is 48.5 Å². The fourth-order valence-corrected chi connectivity index (χ4v) is 4.01. The van der Waals surface area contributed by atoms with Gasteiger partial charge in [-0.1, -0.05) is 55.5 Å². The average molecular weight is 468 g/mol. The molecule has 9 nitrogen and oxygen atoms in total. The molecule has 0 fully saturated rings. The summed E-state index contributed by atoms with van der Waals surface area (Å²) in [4.78, 5) is 48.6. The Kier molecular flexibility index (Phi) is 8.61. The van der Waals surface area contributed by atoms with Gasteiger partial charge in [-0.15, -0.1) is 0 Å². The number of carboxylic acid groups (broad SMARTS) is 1. The Morgan fingerprint density at radius 3 is 2.12 bits per heavy atom. The highest BCUT2D eigenvalue weighted by molar-refractivity contribution is 5.87. The van der Waals surface area contributed by atoms with Crippen LogP contribution in [0.25, 0.3) is 11.1 Å². The van der Waals surface area contributed by atoms with Gasteiger partial charge in [-0.25, -0.2) is 4.79 Å². The lowest BCUT2D eigenvalue weighted by Gasteiger charge is -2.21. The van der Waals surface area contributed by atoms with E-state index in [9.17, 15) is 19.2 Å². The zero-order valence-electron chi connectivity index (χ0n) is 19.1. The SMILES string of the molecule is CCCN(CCC(=O)O)C(=O)CNC(=O)CNC(=O)OCC1c2ccccc2-c2ccccc21. The van der Waals surface area contributed by atoms with E-state index in [4.69, 9.17) is 9.84 Å². The van der Waals surface area contributed by atoms with E-state index in [1.54, 1.807) is 0 Å². The normalized spacial score (nSPS) is 11.8. The van der Waals surface area contributed by atoms with E-state index in [1.807, 2.05) is 55.5 Å². The summed E-state index contributed by atoms with van der Waals surface area (Å²) in [6.07, 6.45) is -0.219. The van der Waals surface area contributed by atoms with Crippen LogP contribution < -0.4 is 10.6 Å². The second-order valence-electron chi connectivity index (χ2n) is 7.98. The first-order valence-electron chi connectivity index (χ1n) is 11.3. The number of hydrogen-bond acceptors (Lipinski definition) is 5. The molecule has 0 spiro atoms. The maximum atomic E-state index is 12.2. The molecule has 3 amide bonds. The van der Waals surface area contributed by atoms with E-state index in [1.165, 1.54) is 4.90 Å². The van der Waals surface area contributed by atoms with Crippen LogP contribution in [-0.4, -0.2) is 66.7 Å². The number of carbonyl (C=O) groups excluding carboxylic acids is 3. The van der Waals surface area contributed by atoms with Gasteiger partial charge in [-0.05, 0) is 28.7 Å². The Hall–Kier alpha value is -3.88. The predicted molar refractivity (Wildman–Crippen MR) is 125 cm³/mol. The van der Waals surface area contributed by atoms with Crippen molar-refractivity contribution in [2.75, 3.05) is 32.8 Å². The number of rotatable bonds is 11. The lowest BCUT2D eigenvalue weighted by molar-refractivity contribution is -0.139. The van der Waals surface area contributed by atoms with Gasteiger partial charge < -0.3 is 25.4 Å². The van der Waals surface area contributed by atoms with Crippen LogP contribution in [0.5, 0.6) is 0 Å². The van der Waals surface area contributed by atoms with Gasteiger partial charge in [-0.3, -0.25) is 14.4 Å². The summed E-state index contributed by atoms with van der Waals surface area (Å²) in [5, 5.41) is 13.6. The van der Waals surface area contributed by atoms with E-state index in [-0.39, 0.29) is 44.5 Å². The maximum Gasteiger partial charge on any atom is 0.407 e. The third-order valence-corrected chi connectivity index (χ3v) is 5.62. The second kappa shape index (κ2) is 11.8. The molecule has 3 N–H and O–H groups in total. The summed E-state index contributed by atoms with van der Waals surface area (Å²) >= 11 is 0. The zero-order chi connectivity index (χ0) is 24.5. The van der Waals surface area contributed by atoms with Gasteiger partial charge in [0.1, 0.15) is 13.2 Å². The van der Waals surface area contributed by atoms with Gasteiger partial charge in [0, 0.05) is 19.0 Å². The first kappa shape index (κ1) is 24.8. The van der Waals surface area contributed by atoms with Gasteiger partial charge in [0.25, 0.3) is 0 Å². The molecule has 1 aliphatic carbocycles. The second-order valence-corrected chi connectivity index (χ2v) is 7.98. The fourth-order valence-electron chi connectivity index (χ4n) is 4.01. The molecule has 0 bridgehead atoms. The minimum Gasteiger partial charge on any atom is -0.481 e. The molecular formula is C25H29N3O6. The number of amides is 3. The predicted octanol–water partition coefficient (Wildman–Crippen LogP) is 2.35. The largest absolute Gasteiger partial charge is 0.481 e. The Bertz CT molecular complexity index is 1010. The molecule has 0 aromatic heterocycles. The number of fused-ring (bicyclic) bond motifs is 3. The maximum absolute atomic E-state index is 12.2. The molecule has 9 heteroatoms. The fraction of sp³-hybridized carbons (Fsp3) is 0.360. The first-order valence-corrected chi connectivity index (χ1v) is 11.3. The number of aliphatic carboxylic acids is 1. The molecule has 180 valence electrons. The number of ether oxygens (including phenoxy) is 1. The standard InChI is InChI=1S/C25H29N3O6/c1-2-12-28(13-11-24(31)32)23(30)15-26-22(29)14-27-25(33)34-16-21-19-9-5-3-7-17(19)18-8-4-6-10-20(18)21/h3-10,21H,2,11-16H2,1H3,(H,26,29)(H,27,33)(H,31,32). The molecule has 0 atom stereocenters. The van der Waals surface area contributed by atoms with Crippen molar-refractivity contribution in [2.24, 2.45) is 0 Å². The number of carboxylic acids is 1. The molecule has 3 rings (SSSR count). The molecule has 34 heavy (non-hydrogen) atoms. The van der Waals surface area contributed by atoms with E-state index < -0.39 is 18.0 Å². The van der Waals surface area contributed by atoms with Crippen LogP contribution in [0.1, 0.15) is 36.8 Å². The molecule has 0 saturated carbocycles. The monoisotopic (exact) mass is 467 g/mol. The molecule has 0 saturated heterocycles. The van der Waals surface area contributed by atoms with Crippen LogP contribution in [0.2, 0.25) is 0 Å². The highest BCUT2D eigenvalue weighted by Gasteiger charge is 2.29. The molecule has 2 aromatic rings. The highest BCUT2D eigenvalue weighted by Crippen LogP contribution is 2.44. The highest BCUT2D eigenvalue weighted by atomic mass is 16.5. The number of alkyl carbamates (subject to hydrolysis) is 1. The molecule has 0 heterocycles. The summed E-state index contributed by atoms with van der Waals surface area (Å²) < 4.78 is 5.38. The van der Waals surface area contributed by atoms with E-state index in [2.05, 4.69) is 10.6 Å². The van der Waals surface area contributed by atoms with E-state index in [0.29, 0.717) is 13.0 Å². The quantitative estimate of drug-likeness (QED) is 0.466. The van der Waals surface area contributed by atoms with Gasteiger partial charge in [0.15, 0.2) is 0 Å². The molecular weight excluding hydrogens is 438 g/mol. The number of hydrogen-bond donors (Lipinski definition) is 3. The lowest BCUT2D eigenvalue weighted by Crippen LogP contribution is -2.44. The van der Waals surface area contributed by atoms with Crippen molar-refractivity contribution in [1.82, 2.24) is 15.5 Å². The number of nitrogens with zero attached hydrogens (tertiary/aromatic N) is 1. The number of nitrogens with one attached hydrogen (secondary N) is 2. The Morgan fingerprint density at radius 1 is 0.912 bits per heavy atom. The third-order valence-electron chi connectivity index (χ3n) is 5.62. The van der Waals surface area contributed by atoms with Crippen LogP contribution in [0, 0.1) is 0 Å². The molecule has 2 aromatic carbocycles. The van der Waals surface area contributed by atoms with Crippen molar-refractivity contribution in [3.8, 4) is 11.1 Å². The summed E-state index contributed by atoms with van der Waals surface area (Å²) in [6.45, 7) is 1.88. The Labute approximate surface area is 198 Å². The van der Waals surface area contributed by atoms with E-state index in [0.717, 1.165) is 22.3 Å². The number of benzene rings is 2. The average Bonchev–Trinajstić information content (AvgIpc) is 3.16. The van der Waals surface area contributed by atoms with Crippen molar-refractivity contribution < 1.29 is 29.0 Å². The molecule has 0 radical (unpaired) electrons. The first-order chi connectivity index (χ1) is 16.4. The summed E-state index contributed by atoms with van der Waals surface area (Å²) in [6, 6.07) is 16.0. The van der Waals surface area contributed by atoms with Crippen LogP contribution in [0.3, 0.4) is 0 Å². The summed E-state index contributed by atoms with van der Waals surface area (Å²) in [7, 11) is 0. The van der Waals surface area contributed by atoms with Crippen molar-refractivity contribution >= 4 is 23.9 Å². The summed E-state index contributed by atoms with van der Waals surface area (Å²) in [5.41, 5.74) is 4.42. The van der Waals surface area contributed by atoms with E-state index >= 15 is 0 Å². The summed E-state index contributed by atoms with van der Waals surface area (Å²) in [5.74, 6) is -2.00. The van der Waals surface area contributed by atoms with Crippen LogP contribution in [-0.2, 0) is 19.1 Å². The minimum atomic E-state index is -0.995. The van der Waals surface area contributed by atoms with Gasteiger partial charge in [0.2, 0.25) is 11.8 Å². The van der Waals surface area contributed by atoms with Gasteiger partial charge in [-0.2, -0.15) is 0 Å². The van der Waals surface area contributed by atoms with Crippen LogP contribution >= 0.6 is 0 Å². The van der Waals surface area contributed by atoms with Gasteiger partial charge >= 0.3 is 12.1 Å². The minimum absolute atomic E-state index is 0.0792. The van der Waals surface area contributed by atoms with Crippen molar-refractivity contribution in [1.29, 1.82) is 0 Å². The molecule has 1 aliphatic rings. The topological polar surface area (TPSA) is 125 Å². The Morgan fingerprint density at radius 2 is 1.53 bits per heavy atom. The third kappa shape index (κ3) is 6.34. The lowest BCUT2D eigenvalue weighted by atomic mass is 9.98. The van der Waals surface area contributed by atoms with Crippen molar-refractivity contribution in [2.45, 2.75) is 25.7 Å². The smallest absolute Gasteiger partial charge is 0.407 e. The number of carbonyl (C=O) groups is 4.